The molecule has 0 radical (unpaired) electrons. The lowest BCUT2D eigenvalue weighted by molar-refractivity contribution is 0.0944. The van der Waals surface area contributed by atoms with Crippen LogP contribution in [0.15, 0.2) is 23.1 Å². The van der Waals surface area contributed by atoms with Gasteiger partial charge in [0.05, 0.1) is 6.04 Å². The van der Waals surface area contributed by atoms with E-state index in [4.69, 9.17) is 6.42 Å². The lowest BCUT2D eigenvalue weighted by Crippen LogP contribution is -2.33. The van der Waals surface area contributed by atoms with Crippen molar-refractivity contribution in [1.29, 1.82) is 0 Å². The van der Waals surface area contributed by atoms with Gasteiger partial charge in [-0.05, 0) is 24.6 Å². The van der Waals surface area contributed by atoms with Crippen LogP contribution in [0.2, 0.25) is 0 Å². The van der Waals surface area contributed by atoms with Crippen LogP contribution < -0.4 is 5.32 Å². The van der Waals surface area contributed by atoms with E-state index < -0.39 is 5.82 Å². The highest BCUT2D eigenvalue weighted by Crippen LogP contribution is 2.14. The molecule has 84 valence electrons. The molecular weight excluding hydrogens is 225 g/mol. The van der Waals surface area contributed by atoms with Gasteiger partial charge < -0.3 is 5.32 Å². The molecule has 0 spiro atoms. The highest BCUT2D eigenvalue weighted by molar-refractivity contribution is 7.80. The van der Waals surface area contributed by atoms with Crippen LogP contribution in [0.25, 0.3) is 0 Å². The van der Waals surface area contributed by atoms with Gasteiger partial charge in [-0.1, -0.05) is 12.8 Å². The van der Waals surface area contributed by atoms with E-state index in [9.17, 15) is 9.18 Å². The van der Waals surface area contributed by atoms with Gasteiger partial charge in [-0.15, -0.1) is 19.1 Å². The molecule has 0 aromatic heterocycles. The fourth-order valence-electron chi connectivity index (χ4n) is 1.16. The van der Waals surface area contributed by atoms with Crippen LogP contribution in [-0.2, 0) is 0 Å². The van der Waals surface area contributed by atoms with E-state index in [1.54, 1.807) is 0 Å². The van der Waals surface area contributed by atoms with Crippen LogP contribution >= 0.6 is 12.6 Å². The molecule has 16 heavy (non-hydrogen) atoms. The Morgan fingerprint density at radius 3 is 2.88 bits per heavy atom. The SMILES string of the molecule is C#CC(CC)NC(=O)c1ccc(F)c(S)c1. The number of amides is 1. The zero-order chi connectivity index (χ0) is 12.1. The summed E-state index contributed by atoms with van der Waals surface area (Å²) < 4.78 is 12.9. The number of rotatable bonds is 3. The second-order valence-electron chi connectivity index (χ2n) is 3.27. The minimum absolute atomic E-state index is 0.140. The molecule has 0 aliphatic carbocycles. The Kier molecular flexibility index (Phi) is 4.39. The summed E-state index contributed by atoms with van der Waals surface area (Å²) in [5.41, 5.74) is 0.347. The fraction of sp³-hybridized carbons (Fsp3) is 0.250. The molecular formula is C12H12FNOS. The third-order valence-corrected chi connectivity index (χ3v) is 2.47. The first kappa shape index (κ1) is 12.6. The van der Waals surface area contributed by atoms with Gasteiger partial charge in [-0.2, -0.15) is 0 Å². The molecule has 0 fully saturated rings. The molecule has 1 aromatic carbocycles. The Bertz CT molecular complexity index is 439. The molecule has 1 amide bonds. The summed E-state index contributed by atoms with van der Waals surface area (Å²) >= 11 is 3.90. The molecule has 1 aromatic rings. The molecule has 1 unspecified atom stereocenters. The van der Waals surface area contributed by atoms with E-state index in [2.05, 4.69) is 23.9 Å². The van der Waals surface area contributed by atoms with Crippen molar-refractivity contribution >= 4 is 18.5 Å². The van der Waals surface area contributed by atoms with Crippen LogP contribution in [0.4, 0.5) is 4.39 Å². The highest BCUT2D eigenvalue weighted by Gasteiger charge is 2.11. The molecule has 0 saturated carbocycles. The standard InChI is InChI=1S/C12H12FNOS/c1-3-9(4-2)14-12(15)8-5-6-10(13)11(16)7-8/h1,5-7,9,16H,4H2,2H3,(H,14,15). The Balaban J connectivity index is 2.81. The maximum Gasteiger partial charge on any atom is 0.252 e. The second kappa shape index (κ2) is 5.57. The summed E-state index contributed by atoms with van der Waals surface area (Å²) in [7, 11) is 0. The molecule has 0 aliphatic rings. The summed E-state index contributed by atoms with van der Waals surface area (Å²) in [6.45, 7) is 1.87. The summed E-state index contributed by atoms with van der Waals surface area (Å²) in [6.07, 6.45) is 5.87. The van der Waals surface area contributed by atoms with Gasteiger partial charge in [0.25, 0.3) is 5.91 Å². The number of carbonyl (C=O) groups is 1. The number of terminal acetylenes is 1. The largest absolute Gasteiger partial charge is 0.338 e. The van der Waals surface area contributed by atoms with Crippen molar-refractivity contribution in [2.24, 2.45) is 0 Å². The topological polar surface area (TPSA) is 29.1 Å². The molecule has 4 heteroatoms. The Morgan fingerprint density at radius 1 is 1.69 bits per heavy atom. The molecule has 1 rings (SSSR count). The number of halogens is 1. The van der Waals surface area contributed by atoms with E-state index in [1.165, 1.54) is 18.2 Å². The van der Waals surface area contributed by atoms with E-state index >= 15 is 0 Å². The normalized spacial score (nSPS) is 11.6. The minimum Gasteiger partial charge on any atom is -0.338 e. The van der Waals surface area contributed by atoms with Crippen LogP contribution in [0.1, 0.15) is 23.7 Å². The Hall–Kier alpha value is -1.47. The first-order chi connectivity index (χ1) is 7.58. The number of hydrogen-bond donors (Lipinski definition) is 2. The third kappa shape index (κ3) is 3.01. The molecule has 0 heterocycles. The van der Waals surface area contributed by atoms with Crippen molar-refractivity contribution in [3.63, 3.8) is 0 Å². The van der Waals surface area contributed by atoms with E-state index in [0.29, 0.717) is 12.0 Å². The quantitative estimate of drug-likeness (QED) is 0.613. The second-order valence-corrected chi connectivity index (χ2v) is 3.75. The van der Waals surface area contributed by atoms with Crippen molar-refractivity contribution in [2.45, 2.75) is 24.3 Å². The van der Waals surface area contributed by atoms with Crippen LogP contribution in [0.5, 0.6) is 0 Å². The number of thiol groups is 1. The van der Waals surface area contributed by atoms with Crippen molar-refractivity contribution in [2.75, 3.05) is 0 Å². The van der Waals surface area contributed by atoms with E-state index in [-0.39, 0.29) is 16.8 Å². The van der Waals surface area contributed by atoms with Gasteiger partial charge in [-0.3, -0.25) is 4.79 Å². The Morgan fingerprint density at radius 2 is 2.38 bits per heavy atom. The predicted molar refractivity (Wildman–Crippen MR) is 64.0 cm³/mol. The molecule has 0 saturated heterocycles. The van der Waals surface area contributed by atoms with Gasteiger partial charge in [-0.25, -0.2) is 4.39 Å². The fourth-order valence-corrected chi connectivity index (χ4v) is 1.37. The lowest BCUT2D eigenvalue weighted by Gasteiger charge is -2.10. The zero-order valence-corrected chi connectivity index (χ0v) is 9.72. The van der Waals surface area contributed by atoms with Crippen molar-refractivity contribution in [1.82, 2.24) is 5.32 Å². The smallest absolute Gasteiger partial charge is 0.252 e. The lowest BCUT2D eigenvalue weighted by atomic mass is 10.1. The van der Waals surface area contributed by atoms with Gasteiger partial charge in [0, 0.05) is 10.5 Å². The molecule has 1 N–H and O–H groups in total. The molecule has 0 aliphatic heterocycles. The monoisotopic (exact) mass is 237 g/mol. The van der Waals surface area contributed by atoms with E-state index in [1.807, 2.05) is 6.92 Å². The number of nitrogens with one attached hydrogen (secondary N) is 1. The zero-order valence-electron chi connectivity index (χ0n) is 8.83. The molecule has 2 nitrogen and oxygen atoms in total. The van der Waals surface area contributed by atoms with Crippen LogP contribution in [0.3, 0.4) is 0 Å². The van der Waals surface area contributed by atoms with Crippen LogP contribution in [-0.4, -0.2) is 11.9 Å². The number of benzene rings is 1. The van der Waals surface area contributed by atoms with Crippen molar-refractivity contribution in [3.05, 3.63) is 29.6 Å². The first-order valence-corrected chi connectivity index (χ1v) is 5.28. The van der Waals surface area contributed by atoms with Crippen molar-refractivity contribution < 1.29 is 9.18 Å². The van der Waals surface area contributed by atoms with Gasteiger partial charge in [0.15, 0.2) is 0 Å². The number of carbonyl (C=O) groups excluding carboxylic acids is 1. The van der Waals surface area contributed by atoms with Gasteiger partial charge in [0.1, 0.15) is 5.82 Å². The van der Waals surface area contributed by atoms with E-state index in [0.717, 1.165) is 0 Å². The van der Waals surface area contributed by atoms with Crippen molar-refractivity contribution in [3.8, 4) is 12.3 Å². The summed E-state index contributed by atoms with van der Waals surface area (Å²) in [5.74, 6) is 1.68. The third-order valence-electron chi connectivity index (χ3n) is 2.12. The molecule has 1 atom stereocenters. The maximum atomic E-state index is 12.9. The van der Waals surface area contributed by atoms with Gasteiger partial charge in [0.2, 0.25) is 0 Å². The average Bonchev–Trinajstić information content (AvgIpc) is 2.29. The first-order valence-electron chi connectivity index (χ1n) is 4.84. The predicted octanol–water partition coefficient (Wildman–Crippen LogP) is 2.26. The minimum atomic E-state index is -0.455. The average molecular weight is 237 g/mol. The summed E-state index contributed by atoms with van der Waals surface area (Å²) in [6, 6.07) is 3.67. The summed E-state index contributed by atoms with van der Waals surface area (Å²) in [4.78, 5) is 11.8. The highest BCUT2D eigenvalue weighted by atomic mass is 32.1. The maximum absolute atomic E-state index is 12.9. The number of hydrogen-bond acceptors (Lipinski definition) is 2. The van der Waals surface area contributed by atoms with Gasteiger partial charge >= 0.3 is 0 Å². The van der Waals surface area contributed by atoms with Crippen LogP contribution in [0, 0.1) is 18.2 Å². The molecule has 0 bridgehead atoms. The summed E-state index contributed by atoms with van der Waals surface area (Å²) in [5, 5.41) is 2.65. The Labute approximate surface area is 99.7 Å².